The summed E-state index contributed by atoms with van der Waals surface area (Å²) in [6.07, 6.45) is 2.82. The first-order chi connectivity index (χ1) is 16.5. The normalized spacial score (nSPS) is 11.2. The van der Waals surface area contributed by atoms with E-state index in [1.807, 2.05) is 37.3 Å². The topological polar surface area (TPSA) is 90.9 Å². The van der Waals surface area contributed by atoms with Crippen molar-refractivity contribution in [2.45, 2.75) is 13.5 Å². The maximum atomic E-state index is 14.6. The van der Waals surface area contributed by atoms with E-state index in [1.54, 1.807) is 10.6 Å². The summed E-state index contributed by atoms with van der Waals surface area (Å²) in [6.45, 7) is 2.68. The van der Waals surface area contributed by atoms with E-state index in [0.29, 0.717) is 35.9 Å². The number of ether oxygens (including phenoxy) is 1. The predicted molar refractivity (Wildman–Crippen MR) is 122 cm³/mol. The lowest BCUT2D eigenvalue weighted by atomic mass is 10.1. The molecule has 0 spiro atoms. The summed E-state index contributed by atoms with van der Waals surface area (Å²) in [7, 11) is 1.44. The zero-order chi connectivity index (χ0) is 23.7. The maximum Gasteiger partial charge on any atom is 0.257 e. The number of aromatic nitrogens is 5. The standard InChI is InChI=1S/C24H20F2N6O2/c1-14-9-17-20(33-2)10-18(25)22(26)23(17)32(14)8-7-27-21-11-19(28-12-29-21)15-3-5-16(6-4-15)24-30-13-31-34-24/h3-6,9-13H,7-8H2,1-2H3,(H,27,28,29). The highest BCUT2D eigenvalue weighted by atomic mass is 19.2. The van der Waals surface area contributed by atoms with Gasteiger partial charge in [-0.05, 0) is 25.1 Å². The molecule has 8 nitrogen and oxygen atoms in total. The lowest BCUT2D eigenvalue weighted by Crippen LogP contribution is -2.13. The highest BCUT2D eigenvalue weighted by molar-refractivity contribution is 5.88. The van der Waals surface area contributed by atoms with E-state index >= 15 is 0 Å². The monoisotopic (exact) mass is 462 g/mol. The molecule has 0 fully saturated rings. The summed E-state index contributed by atoms with van der Waals surface area (Å²) in [6, 6.07) is 12.2. The molecule has 3 heterocycles. The Kier molecular flexibility index (Phi) is 5.62. The molecule has 5 rings (SSSR count). The molecule has 0 saturated carbocycles. The molecule has 0 bridgehead atoms. The van der Waals surface area contributed by atoms with Crippen LogP contribution in [0.25, 0.3) is 33.6 Å². The van der Waals surface area contributed by atoms with Crippen molar-refractivity contribution in [2.24, 2.45) is 0 Å². The molecule has 0 saturated heterocycles. The van der Waals surface area contributed by atoms with E-state index in [9.17, 15) is 8.78 Å². The smallest absolute Gasteiger partial charge is 0.257 e. The minimum Gasteiger partial charge on any atom is -0.496 e. The number of anilines is 1. The van der Waals surface area contributed by atoms with E-state index < -0.39 is 11.6 Å². The van der Waals surface area contributed by atoms with Crippen LogP contribution in [-0.4, -0.2) is 38.3 Å². The Morgan fingerprint density at radius 1 is 1.00 bits per heavy atom. The van der Waals surface area contributed by atoms with Gasteiger partial charge in [-0.3, -0.25) is 0 Å². The number of rotatable bonds is 7. The molecular weight excluding hydrogens is 442 g/mol. The minimum atomic E-state index is -0.942. The summed E-state index contributed by atoms with van der Waals surface area (Å²) in [5, 5.41) is 7.38. The van der Waals surface area contributed by atoms with Crippen molar-refractivity contribution in [3.63, 3.8) is 0 Å². The van der Waals surface area contributed by atoms with Crippen molar-refractivity contribution in [3.05, 3.63) is 72.4 Å². The molecular formula is C24H20F2N6O2. The van der Waals surface area contributed by atoms with Crippen molar-refractivity contribution in [1.29, 1.82) is 0 Å². The molecule has 0 unspecified atom stereocenters. The Bertz CT molecular complexity index is 1450. The first-order valence-corrected chi connectivity index (χ1v) is 10.5. The van der Waals surface area contributed by atoms with Crippen LogP contribution in [0.2, 0.25) is 0 Å². The van der Waals surface area contributed by atoms with Gasteiger partial charge in [0, 0.05) is 47.4 Å². The molecule has 10 heteroatoms. The molecule has 1 N–H and O–H groups in total. The highest BCUT2D eigenvalue weighted by Crippen LogP contribution is 2.32. The number of aryl methyl sites for hydroxylation is 1. The summed E-state index contributed by atoms with van der Waals surface area (Å²) in [5.41, 5.74) is 3.41. The van der Waals surface area contributed by atoms with Gasteiger partial charge in [0.25, 0.3) is 5.89 Å². The maximum absolute atomic E-state index is 14.6. The number of hydrogen-bond donors (Lipinski definition) is 1. The van der Waals surface area contributed by atoms with E-state index in [2.05, 4.69) is 25.4 Å². The zero-order valence-corrected chi connectivity index (χ0v) is 18.4. The third-order valence-corrected chi connectivity index (χ3v) is 5.56. The van der Waals surface area contributed by atoms with E-state index in [0.717, 1.165) is 28.6 Å². The molecule has 0 amide bonds. The fourth-order valence-electron chi connectivity index (χ4n) is 3.92. The zero-order valence-electron chi connectivity index (χ0n) is 18.4. The second-order valence-electron chi connectivity index (χ2n) is 7.61. The average molecular weight is 462 g/mol. The second-order valence-corrected chi connectivity index (χ2v) is 7.61. The number of methoxy groups -OCH3 is 1. The van der Waals surface area contributed by atoms with Crippen molar-refractivity contribution in [2.75, 3.05) is 19.0 Å². The van der Waals surface area contributed by atoms with Crippen molar-refractivity contribution >= 4 is 16.7 Å². The first kappa shape index (κ1) is 21.5. The van der Waals surface area contributed by atoms with Crippen LogP contribution in [0.1, 0.15) is 5.69 Å². The van der Waals surface area contributed by atoms with Crippen LogP contribution >= 0.6 is 0 Å². The fourth-order valence-corrected chi connectivity index (χ4v) is 3.92. The lowest BCUT2D eigenvalue weighted by Gasteiger charge is -2.12. The molecule has 172 valence electrons. The average Bonchev–Trinajstić information content (AvgIpc) is 3.51. The minimum absolute atomic E-state index is 0.181. The highest BCUT2D eigenvalue weighted by Gasteiger charge is 2.18. The summed E-state index contributed by atoms with van der Waals surface area (Å²) >= 11 is 0. The number of benzene rings is 2. The number of fused-ring (bicyclic) bond motifs is 1. The van der Waals surface area contributed by atoms with Gasteiger partial charge in [0.15, 0.2) is 18.0 Å². The predicted octanol–water partition coefficient (Wildman–Crippen LogP) is 4.86. The van der Waals surface area contributed by atoms with E-state index in [-0.39, 0.29) is 5.52 Å². The largest absolute Gasteiger partial charge is 0.496 e. The van der Waals surface area contributed by atoms with Crippen LogP contribution < -0.4 is 10.1 Å². The molecule has 0 atom stereocenters. The quantitative estimate of drug-likeness (QED) is 0.370. The number of nitrogens with zero attached hydrogens (tertiary/aromatic N) is 5. The summed E-state index contributed by atoms with van der Waals surface area (Å²) in [5.74, 6) is -0.476. The Hall–Kier alpha value is -4.34. The van der Waals surface area contributed by atoms with Crippen LogP contribution in [0.3, 0.4) is 0 Å². The van der Waals surface area contributed by atoms with E-state index in [4.69, 9.17) is 9.26 Å². The van der Waals surface area contributed by atoms with Crippen molar-refractivity contribution in [3.8, 4) is 28.5 Å². The molecule has 5 aromatic rings. The van der Waals surface area contributed by atoms with Gasteiger partial charge in [-0.25, -0.2) is 18.7 Å². The number of nitrogens with one attached hydrogen (secondary N) is 1. The van der Waals surface area contributed by atoms with Gasteiger partial charge in [0.1, 0.15) is 17.9 Å². The Labute approximate surface area is 193 Å². The van der Waals surface area contributed by atoms with Crippen LogP contribution in [0, 0.1) is 18.6 Å². The van der Waals surface area contributed by atoms with Gasteiger partial charge in [0.05, 0.1) is 18.3 Å². The third-order valence-electron chi connectivity index (χ3n) is 5.56. The first-order valence-electron chi connectivity index (χ1n) is 10.5. The van der Waals surface area contributed by atoms with Gasteiger partial charge in [-0.1, -0.05) is 17.3 Å². The second kappa shape index (κ2) is 8.89. The molecule has 0 aliphatic carbocycles. The van der Waals surface area contributed by atoms with Crippen molar-refractivity contribution < 1.29 is 18.0 Å². The van der Waals surface area contributed by atoms with Crippen LogP contribution in [0.4, 0.5) is 14.6 Å². The van der Waals surface area contributed by atoms with Gasteiger partial charge in [-0.2, -0.15) is 4.98 Å². The fraction of sp³-hybridized carbons (Fsp3) is 0.167. The van der Waals surface area contributed by atoms with E-state index in [1.165, 1.54) is 19.8 Å². The summed E-state index contributed by atoms with van der Waals surface area (Å²) < 4.78 is 40.7. The molecule has 0 radical (unpaired) electrons. The molecule has 34 heavy (non-hydrogen) atoms. The Balaban J connectivity index is 1.32. The molecule has 3 aromatic heterocycles. The van der Waals surface area contributed by atoms with Crippen LogP contribution in [-0.2, 0) is 6.54 Å². The van der Waals surface area contributed by atoms with Crippen LogP contribution in [0.5, 0.6) is 5.75 Å². The van der Waals surface area contributed by atoms with Crippen LogP contribution in [0.15, 0.2) is 59.6 Å². The van der Waals surface area contributed by atoms with Gasteiger partial charge < -0.3 is 19.1 Å². The molecule has 0 aliphatic rings. The van der Waals surface area contributed by atoms with Crippen molar-refractivity contribution in [1.82, 2.24) is 24.7 Å². The lowest BCUT2D eigenvalue weighted by molar-refractivity contribution is 0.412. The van der Waals surface area contributed by atoms with Gasteiger partial charge in [-0.15, -0.1) is 0 Å². The number of hydrogen-bond acceptors (Lipinski definition) is 7. The molecule has 0 aliphatic heterocycles. The summed E-state index contributed by atoms with van der Waals surface area (Å²) in [4.78, 5) is 12.6. The molecule has 2 aromatic carbocycles. The Morgan fingerprint density at radius 2 is 1.79 bits per heavy atom. The third kappa shape index (κ3) is 3.94. The van der Waals surface area contributed by atoms with Gasteiger partial charge in [0.2, 0.25) is 0 Å². The SMILES string of the molecule is COc1cc(F)c(F)c2c1cc(C)n2CCNc1cc(-c2ccc(-c3ncno3)cc2)ncn1. The van der Waals surface area contributed by atoms with Gasteiger partial charge >= 0.3 is 0 Å². The Morgan fingerprint density at radius 3 is 2.53 bits per heavy atom. The number of halogens is 2.